The number of amides is 1. The number of hydrogen-bond acceptors (Lipinski definition) is 2. The third kappa shape index (κ3) is 3.15. The van der Waals surface area contributed by atoms with E-state index in [1.165, 1.54) is 24.6 Å². The van der Waals surface area contributed by atoms with Crippen molar-refractivity contribution in [2.45, 2.75) is 32.6 Å². The Morgan fingerprint density at radius 1 is 1.44 bits per heavy atom. The molecule has 1 fully saturated rings. The SMILES string of the molecule is CC1CCCC/C1=N/NC(=O)c1cccc(F)c1. The van der Waals surface area contributed by atoms with Crippen molar-refractivity contribution in [1.29, 1.82) is 0 Å². The number of benzene rings is 1. The number of carbonyl (C=O) groups excluding carboxylic acids is 1. The van der Waals surface area contributed by atoms with Gasteiger partial charge in [-0.15, -0.1) is 0 Å². The Hall–Kier alpha value is -1.71. The summed E-state index contributed by atoms with van der Waals surface area (Å²) < 4.78 is 13.0. The molecule has 0 saturated heterocycles. The highest BCUT2D eigenvalue weighted by Gasteiger charge is 2.16. The number of nitrogens with one attached hydrogen (secondary N) is 1. The normalized spacial score (nSPS) is 21.9. The van der Waals surface area contributed by atoms with Crippen LogP contribution in [0, 0.1) is 11.7 Å². The summed E-state index contributed by atoms with van der Waals surface area (Å²) in [6.45, 7) is 2.12. The van der Waals surface area contributed by atoms with E-state index in [9.17, 15) is 9.18 Å². The minimum absolute atomic E-state index is 0.294. The molecule has 1 aromatic rings. The van der Waals surface area contributed by atoms with Gasteiger partial charge in [0.1, 0.15) is 5.82 Å². The second kappa shape index (κ2) is 5.76. The topological polar surface area (TPSA) is 41.5 Å². The molecule has 18 heavy (non-hydrogen) atoms. The molecule has 1 atom stereocenters. The summed E-state index contributed by atoms with van der Waals surface area (Å²) in [4.78, 5) is 11.8. The van der Waals surface area contributed by atoms with Crippen LogP contribution in [0.3, 0.4) is 0 Å². The van der Waals surface area contributed by atoms with E-state index in [1.807, 2.05) is 0 Å². The predicted molar refractivity (Wildman–Crippen MR) is 68.9 cm³/mol. The van der Waals surface area contributed by atoms with Crippen molar-refractivity contribution in [3.63, 3.8) is 0 Å². The van der Waals surface area contributed by atoms with Gasteiger partial charge in [0, 0.05) is 11.3 Å². The summed E-state index contributed by atoms with van der Waals surface area (Å²) in [6, 6.07) is 5.61. The van der Waals surface area contributed by atoms with Crippen LogP contribution < -0.4 is 5.43 Å². The van der Waals surface area contributed by atoms with Gasteiger partial charge in [-0.05, 0) is 43.4 Å². The summed E-state index contributed by atoms with van der Waals surface area (Å²) in [7, 11) is 0. The first-order valence-electron chi connectivity index (χ1n) is 6.29. The van der Waals surface area contributed by atoms with Crippen LogP contribution in [0.2, 0.25) is 0 Å². The summed E-state index contributed by atoms with van der Waals surface area (Å²) in [5.74, 6) is -0.354. The molecule has 0 aromatic heterocycles. The minimum Gasteiger partial charge on any atom is -0.267 e. The molecule has 0 aliphatic heterocycles. The van der Waals surface area contributed by atoms with E-state index in [-0.39, 0.29) is 5.91 Å². The van der Waals surface area contributed by atoms with E-state index in [1.54, 1.807) is 6.07 Å². The quantitative estimate of drug-likeness (QED) is 0.803. The smallest absolute Gasteiger partial charge is 0.267 e. The highest BCUT2D eigenvalue weighted by Crippen LogP contribution is 2.20. The molecule has 96 valence electrons. The Morgan fingerprint density at radius 2 is 2.28 bits per heavy atom. The molecule has 1 unspecified atom stereocenters. The molecule has 4 heteroatoms. The lowest BCUT2D eigenvalue weighted by atomic mass is 9.89. The summed E-state index contributed by atoms with van der Waals surface area (Å²) in [5, 5.41) is 4.16. The third-order valence-corrected chi connectivity index (χ3v) is 3.28. The van der Waals surface area contributed by atoms with Gasteiger partial charge in [0.25, 0.3) is 5.91 Å². The van der Waals surface area contributed by atoms with Crippen molar-refractivity contribution in [1.82, 2.24) is 5.43 Å². The first-order chi connectivity index (χ1) is 8.66. The van der Waals surface area contributed by atoms with Crippen LogP contribution >= 0.6 is 0 Å². The molecule has 2 rings (SSSR count). The van der Waals surface area contributed by atoms with E-state index in [4.69, 9.17) is 0 Å². The Balaban J connectivity index is 2.01. The van der Waals surface area contributed by atoms with Crippen molar-refractivity contribution >= 4 is 11.6 Å². The summed E-state index contributed by atoms with van der Waals surface area (Å²) >= 11 is 0. The largest absolute Gasteiger partial charge is 0.271 e. The molecule has 1 saturated carbocycles. The maximum absolute atomic E-state index is 13.0. The molecule has 1 aliphatic rings. The van der Waals surface area contributed by atoms with Crippen LogP contribution in [0.4, 0.5) is 4.39 Å². The molecule has 0 heterocycles. The average Bonchev–Trinajstić information content (AvgIpc) is 2.37. The van der Waals surface area contributed by atoms with Crippen molar-refractivity contribution in [3.05, 3.63) is 35.6 Å². The third-order valence-electron chi connectivity index (χ3n) is 3.28. The van der Waals surface area contributed by atoms with Gasteiger partial charge in [-0.2, -0.15) is 5.10 Å². The van der Waals surface area contributed by atoms with Gasteiger partial charge < -0.3 is 0 Å². The van der Waals surface area contributed by atoms with Crippen LogP contribution in [0.15, 0.2) is 29.4 Å². The molecule has 0 bridgehead atoms. The van der Waals surface area contributed by atoms with Crippen LogP contribution in [-0.2, 0) is 0 Å². The Labute approximate surface area is 106 Å². The average molecular weight is 248 g/mol. The molecular formula is C14H17FN2O. The fraction of sp³-hybridized carbons (Fsp3) is 0.429. The van der Waals surface area contributed by atoms with Gasteiger partial charge in [0.15, 0.2) is 0 Å². The van der Waals surface area contributed by atoms with E-state index >= 15 is 0 Å². The number of carbonyl (C=O) groups is 1. The van der Waals surface area contributed by atoms with Crippen LogP contribution in [0.25, 0.3) is 0 Å². The van der Waals surface area contributed by atoms with E-state index in [0.29, 0.717) is 11.5 Å². The maximum atomic E-state index is 13.0. The molecule has 0 spiro atoms. The van der Waals surface area contributed by atoms with Crippen molar-refractivity contribution in [3.8, 4) is 0 Å². The van der Waals surface area contributed by atoms with E-state index < -0.39 is 5.82 Å². The van der Waals surface area contributed by atoms with Crippen LogP contribution in [-0.4, -0.2) is 11.6 Å². The fourth-order valence-corrected chi connectivity index (χ4v) is 2.15. The highest BCUT2D eigenvalue weighted by atomic mass is 19.1. The van der Waals surface area contributed by atoms with Gasteiger partial charge in [0.05, 0.1) is 0 Å². The Kier molecular flexibility index (Phi) is 4.07. The molecular weight excluding hydrogens is 231 g/mol. The minimum atomic E-state index is -0.415. The Morgan fingerprint density at radius 3 is 3.00 bits per heavy atom. The highest BCUT2D eigenvalue weighted by molar-refractivity contribution is 5.95. The zero-order valence-corrected chi connectivity index (χ0v) is 10.4. The lowest BCUT2D eigenvalue weighted by Crippen LogP contribution is -2.24. The van der Waals surface area contributed by atoms with Crippen LogP contribution in [0.5, 0.6) is 0 Å². The second-order valence-electron chi connectivity index (χ2n) is 4.70. The van der Waals surface area contributed by atoms with Crippen LogP contribution in [0.1, 0.15) is 43.0 Å². The monoisotopic (exact) mass is 248 g/mol. The molecule has 1 aliphatic carbocycles. The molecule has 0 radical (unpaired) electrons. The maximum Gasteiger partial charge on any atom is 0.271 e. The van der Waals surface area contributed by atoms with Gasteiger partial charge in [-0.3, -0.25) is 4.79 Å². The summed E-state index contributed by atoms with van der Waals surface area (Å²) in [6.07, 6.45) is 4.40. The first-order valence-corrected chi connectivity index (χ1v) is 6.29. The van der Waals surface area contributed by atoms with Gasteiger partial charge in [-0.1, -0.05) is 19.4 Å². The molecule has 1 N–H and O–H groups in total. The molecule has 1 amide bonds. The second-order valence-corrected chi connectivity index (χ2v) is 4.70. The number of halogens is 1. The van der Waals surface area contributed by atoms with Crippen molar-refractivity contribution in [2.24, 2.45) is 11.0 Å². The lowest BCUT2D eigenvalue weighted by molar-refractivity contribution is 0.0954. The summed E-state index contributed by atoms with van der Waals surface area (Å²) in [5.41, 5.74) is 3.84. The first kappa shape index (κ1) is 12.7. The number of nitrogens with zero attached hydrogens (tertiary/aromatic N) is 1. The lowest BCUT2D eigenvalue weighted by Gasteiger charge is -2.19. The van der Waals surface area contributed by atoms with Crippen molar-refractivity contribution < 1.29 is 9.18 Å². The molecule has 3 nitrogen and oxygen atoms in total. The fourth-order valence-electron chi connectivity index (χ4n) is 2.15. The number of rotatable bonds is 2. The van der Waals surface area contributed by atoms with Crippen molar-refractivity contribution in [2.75, 3.05) is 0 Å². The zero-order valence-electron chi connectivity index (χ0n) is 10.4. The number of hydrogen-bond donors (Lipinski definition) is 1. The standard InChI is InChI=1S/C14H17FN2O/c1-10-5-2-3-8-13(10)16-17-14(18)11-6-4-7-12(15)9-11/h4,6-7,9-10H,2-3,5,8H2,1H3,(H,17,18)/b16-13-. The van der Waals surface area contributed by atoms with Gasteiger partial charge in [0.2, 0.25) is 0 Å². The van der Waals surface area contributed by atoms with E-state index in [2.05, 4.69) is 17.5 Å². The van der Waals surface area contributed by atoms with Gasteiger partial charge in [-0.25, -0.2) is 9.82 Å². The number of hydrazone groups is 1. The predicted octanol–water partition coefficient (Wildman–Crippen LogP) is 3.12. The Bertz CT molecular complexity index is 471. The van der Waals surface area contributed by atoms with E-state index in [0.717, 1.165) is 25.0 Å². The van der Waals surface area contributed by atoms with Gasteiger partial charge >= 0.3 is 0 Å². The molecule has 1 aromatic carbocycles. The zero-order chi connectivity index (χ0) is 13.0.